The highest BCUT2D eigenvalue weighted by Gasteiger charge is 2.10. The molecular formula is C16H17F2NO. The van der Waals surface area contributed by atoms with Crippen LogP contribution in [0, 0.1) is 11.6 Å². The molecule has 0 bridgehead atoms. The Bertz CT molecular complexity index is 586. The predicted molar refractivity (Wildman–Crippen MR) is 74.6 cm³/mol. The van der Waals surface area contributed by atoms with E-state index in [1.54, 1.807) is 13.2 Å². The van der Waals surface area contributed by atoms with Gasteiger partial charge in [0.15, 0.2) is 11.6 Å². The minimum Gasteiger partial charge on any atom is -0.497 e. The van der Waals surface area contributed by atoms with Gasteiger partial charge in [0.05, 0.1) is 7.11 Å². The van der Waals surface area contributed by atoms with Crippen LogP contribution in [0.3, 0.4) is 0 Å². The first-order chi connectivity index (χ1) is 9.61. The van der Waals surface area contributed by atoms with Crippen molar-refractivity contribution in [1.29, 1.82) is 0 Å². The van der Waals surface area contributed by atoms with Crippen LogP contribution in [0.15, 0.2) is 42.5 Å². The van der Waals surface area contributed by atoms with E-state index in [-0.39, 0.29) is 12.6 Å². The summed E-state index contributed by atoms with van der Waals surface area (Å²) >= 11 is 0. The fraction of sp³-hybridized carbons (Fsp3) is 0.250. The van der Waals surface area contributed by atoms with Gasteiger partial charge < -0.3 is 10.1 Å². The van der Waals surface area contributed by atoms with E-state index in [1.165, 1.54) is 6.07 Å². The maximum absolute atomic E-state index is 13.5. The molecule has 0 spiro atoms. The van der Waals surface area contributed by atoms with Crippen LogP contribution in [0.4, 0.5) is 8.78 Å². The number of rotatable bonds is 5. The Morgan fingerprint density at radius 3 is 2.65 bits per heavy atom. The first kappa shape index (κ1) is 14.5. The molecule has 2 aromatic rings. The van der Waals surface area contributed by atoms with E-state index in [0.717, 1.165) is 17.4 Å². The van der Waals surface area contributed by atoms with Gasteiger partial charge in [-0.15, -0.1) is 0 Å². The minimum atomic E-state index is -0.821. The fourth-order valence-corrected chi connectivity index (χ4v) is 1.98. The van der Waals surface area contributed by atoms with Crippen LogP contribution in [0.5, 0.6) is 5.75 Å². The number of halogens is 2. The van der Waals surface area contributed by atoms with Crippen LogP contribution in [0.25, 0.3) is 0 Å². The molecule has 0 fully saturated rings. The average molecular weight is 277 g/mol. The Balaban J connectivity index is 2.04. The summed E-state index contributed by atoms with van der Waals surface area (Å²) < 4.78 is 31.8. The van der Waals surface area contributed by atoms with Gasteiger partial charge in [-0.2, -0.15) is 0 Å². The molecule has 0 aromatic heterocycles. The van der Waals surface area contributed by atoms with Gasteiger partial charge in [-0.05, 0) is 30.7 Å². The summed E-state index contributed by atoms with van der Waals surface area (Å²) in [4.78, 5) is 0. The van der Waals surface area contributed by atoms with Gasteiger partial charge in [0.25, 0.3) is 0 Å². The molecule has 106 valence electrons. The monoisotopic (exact) mass is 277 g/mol. The minimum absolute atomic E-state index is 0.00719. The second-order valence-corrected chi connectivity index (χ2v) is 4.59. The summed E-state index contributed by atoms with van der Waals surface area (Å²) in [6.45, 7) is 2.23. The molecule has 0 amide bonds. The highest BCUT2D eigenvalue weighted by molar-refractivity contribution is 5.30. The number of hydrogen-bond donors (Lipinski definition) is 1. The smallest absolute Gasteiger partial charge is 0.163 e. The Kier molecular flexibility index (Phi) is 4.69. The zero-order valence-electron chi connectivity index (χ0n) is 11.5. The number of methoxy groups -OCH3 is 1. The molecule has 2 rings (SSSR count). The highest BCUT2D eigenvalue weighted by Crippen LogP contribution is 2.19. The van der Waals surface area contributed by atoms with Gasteiger partial charge >= 0.3 is 0 Å². The Labute approximate surface area is 117 Å². The second kappa shape index (κ2) is 6.48. The van der Waals surface area contributed by atoms with Crippen LogP contribution in [-0.4, -0.2) is 7.11 Å². The molecule has 0 saturated carbocycles. The standard InChI is InChI=1S/C16H17F2NO/c1-11(12-5-3-7-14(9-12)20-2)19-10-13-6-4-8-15(17)16(13)18/h3-9,11,19H,10H2,1-2H3/t11-/m1/s1. The van der Waals surface area contributed by atoms with Crippen molar-refractivity contribution >= 4 is 0 Å². The molecule has 1 N–H and O–H groups in total. The summed E-state index contributed by atoms with van der Waals surface area (Å²) in [5.41, 5.74) is 1.35. The van der Waals surface area contributed by atoms with Gasteiger partial charge in [-0.25, -0.2) is 8.78 Å². The third-order valence-electron chi connectivity index (χ3n) is 3.22. The fourth-order valence-electron chi connectivity index (χ4n) is 1.98. The molecule has 0 heterocycles. The van der Waals surface area contributed by atoms with Crippen molar-refractivity contribution in [1.82, 2.24) is 5.32 Å². The Hall–Kier alpha value is -1.94. The molecule has 0 radical (unpaired) electrons. The van der Waals surface area contributed by atoms with Crippen molar-refractivity contribution < 1.29 is 13.5 Å². The van der Waals surface area contributed by atoms with Gasteiger partial charge in [0, 0.05) is 18.2 Å². The van der Waals surface area contributed by atoms with E-state index < -0.39 is 11.6 Å². The molecule has 0 aliphatic heterocycles. The molecule has 0 saturated heterocycles. The van der Waals surface area contributed by atoms with Crippen molar-refractivity contribution in [3.63, 3.8) is 0 Å². The van der Waals surface area contributed by atoms with E-state index in [1.807, 2.05) is 31.2 Å². The Morgan fingerprint density at radius 1 is 1.15 bits per heavy atom. The largest absolute Gasteiger partial charge is 0.497 e. The van der Waals surface area contributed by atoms with Crippen molar-refractivity contribution in [3.8, 4) is 5.75 Å². The number of benzene rings is 2. The second-order valence-electron chi connectivity index (χ2n) is 4.59. The lowest BCUT2D eigenvalue weighted by Gasteiger charge is -2.15. The molecule has 0 aliphatic carbocycles. The highest BCUT2D eigenvalue weighted by atomic mass is 19.2. The molecular weight excluding hydrogens is 260 g/mol. The maximum atomic E-state index is 13.5. The van der Waals surface area contributed by atoms with Gasteiger partial charge in [0.2, 0.25) is 0 Å². The molecule has 0 aliphatic rings. The summed E-state index contributed by atoms with van der Waals surface area (Å²) in [5, 5.41) is 3.17. The predicted octanol–water partition coefficient (Wildman–Crippen LogP) is 3.82. The van der Waals surface area contributed by atoms with Gasteiger partial charge in [-0.1, -0.05) is 24.3 Å². The summed E-state index contributed by atoms with van der Waals surface area (Å²) in [6, 6.07) is 11.8. The van der Waals surface area contributed by atoms with Crippen LogP contribution in [0.1, 0.15) is 24.1 Å². The van der Waals surface area contributed by atoms with E-state index in [2.05, 4.69) is 5.32 Å². The topological polar surface area (TPSA) is 21.3 Å². The van der Waals surface area contributed by atoms with Crippen LogP contribution < -0.4 is 10.1 Å². The molecule has 20 heavy (non-hydrogen) atoms. The maximum Gasteiger partial charge on any atom is 0.163 e. The lowest BCUT2D eigenvalue weighted by Crippen LogP contribution is -2.19. The summed E-state index contributed by atoms with van der Waals surface area (Å²) in [5.74, 6) is -0.843. The summed E-state index contributed by atoms with van der Waals surface area (Å²) in [6.07, 6.45) is 0. The average Bonchev–Trinajstić information content (AvgIpc) is 2.48. The van der Waals surface area contributed by atoms with Crippen LogP contribution in [0.2, 0.25) is 0 Å². The van der Waals surface area contributed by atoms with E-state index in [0.29, 0.717) is 5.56 Å². The van der Waals surface area contributed by atoms with E-state index in [9.17, 15) is 8.78 Å². The third kappa shape index (κ3) is 3.33. The van der Waals surface area contributed by atoms with E-state index in [4.69, 9.17) is 4.74 Å². The zero-order valence-corrected chi connectivity index (χ0v) is 11.5. The SMILES string of the molecule is COc1cccc([C@@H](C)NCc2cccc(F)c2F)c1. The Morgan fingerprint density at radius 2 is 1.90 bits per heavy atom. The molecule has 2 aromatic carbocycles. The normalized spacial score (nSPS) is 12.2. The zero-order chi connectivity index (χ0) is 14.5. The van der Waals surface area contributed by atoms with Crippen molar-refractivity contribution in [3.05, 3.63) is 65.2 Å². The molecule has 0 unspecified atom stereocenters. The third-order valence-corrected chi connectivity index (χ3v) is 3.22. The van der Waals surface area contributed by atoms with Crippen LogP contribution >= 0.6 is 0 Å². The molecule has 4 heteroatoms. The number of ether oxygens (including phenoxy) is 1. The molecule has 2 nitrogen and oxygen atoms in total. The van der Waals surface area contributed by atoms with E-state index >= 15 is 0 Å². The van der Waals surface area contributed by atoms with Gasteiger partial charge in [-0.3, -0.25) is 0 Å². The molecule has 1 atom stereocenters. The lowest BCUT2D eigenvalue weighted by atomic mass is 10.1. The van der Waals surface area contributed by atoms with Crippen molar-refractivity contribution in [2.45, 2.75) is 19.5 Å². The van der Waals surface area contributed by atoms with Gasteiger partial charge in [0.1, 0.15) is 5.75 Å². The number of nitrogens with one attached hydrogen (secondary N) is 1. The number of hydrogen-bond acceptors (Lipinski definition) is 2. The quantitative estimate of drug-likeness (QED) is 0.897. The lowest BCUT2D eigenvalue weighted by molar-refractivity contribution is 0.413. The van der Waals surface area contributed by atoms with Crippen LogP contribution in [-0.2, 0) is 6.54 Å². The van der Waals surface area contributed by atoms with Crippen molar-refractivity contribution in [2.75, 3.05) is 7.11 Å². The first-order valence-corrected chi connectivity index (χ1v) is 6.42. The van der Waals surface area contributed by atoms with Crippen molar-refractivity contribution in [2.24, 2.45) is 0 Å². The first-order valence-electron chi connectivity index (χ1n) is 6.42. The summed E-state index contributed by atoms with van der Waals surface area (Å²) in [7, 11) is 1.61.